The van der Waals surface area contributed by atoms with Gasteiger partial charge in [-0.05, 0) is 54.9 Å². The zero-order valence-electron chi connectivity index (χ0n) is 11.9. The van der Waals surface area contributed by atoms with Crippen LogP contribution < -0.4 is 10.1 Å². The number of hydrogen-bond acceptors (Lipinski definition) is 3. The topological polar surface area (TPSA) is 41.6 Å². The lowest BCUT2D eigenvalue weighted by Crippen LogP contribution is -2.50. The molecule has 0 unspecified atom stereocenters. The highest BCUT2D eigenvalue weighted by atomic mass is 79.9. The second kappa shape index (κ2) is 7.09. The second-order valence-corrected chi connectivity index (χ2v) is 5.96. The number of ether oxygens (including phenoxy) is 1. The average Bonchev–Trinajstić information content (AvgIpc) is 2.48. The third kappa shape index (κ3) is 3.73. The van der Waals surface area contributed by atoms with Gasteiger partial charge in [-0.15, -0.1) is 0 Å². The van der Waals surface area contributed by atoms with Crippen LogP contribution in [-0.2, 0) is 4.79 Å². The number of para-hydroxylation sites is 1. The molecule has 0 saturated carbocycles. The van der Waals surface area contributed by atoms with Crippen molar-refractivity contribution in [2.75, 3.05) is 20.1 Å². The van der Waals surface area contributed by atoms with Crippen LogP contribution in [0.4, 0.5) is 0 Å². The van der Waals surface area contributed by atoms with Gasteiger partial charge in [0.25, 0.3) is 5.91 Å². The van der Waals surface area contributed by atoms with Gasteiger partial charge in [0.15, 0.2) is 6.10 Å². The standard InChI is InChI=1S/C15H21BrN2O2/c1-11(20-14-8-4-3-7-13(14)16)15(19)18-9-5-6-12(10-18)17-2/h3-4,7-8,11-12,17H,5-6,9-10H2,1-2H3/t11-,12+/m0/s1. The maximum absolute atomic E-state index is 12.4. The number of carbonyl (C=O) groups excluding carboxylic acids is 1. The number of carbonyl (C=O) groups is 1. The maximum atomic E-state index is 12.4. The molecule has 1 aromatic rings. The van der Waals surface area contributed by atoms with Crippen molar-refractivity contribution >= 4 is 21.8 Å². The number of benzene rings is 1. The van der Waals surface area contributed by atoms with Crippen LogP contribution in [0.2, 0.25) is 0 Å². The number of halogens is 1. The van der Waals surface area contributed by atoms with Crippen LogP contribution in [0.1, 0.15) is 19.8 Å². The van der Waals surface area contributed by atoms with Crippen LogP contribution >= 0.6 is 15.9 Å². The zero-order chi connectivity index (χ0) is 14.5. The fourth-order valence-corrected chi connectivity index (χ4v) is 2.83. The number of amides is 1. The lowest BCUT2D eigenvalue weighted by atomic mass is 10.1. The predicted octanol–water partition coefficient (Wildman–Crippen LogP) is 2.43. The monoisotopic (exact) mass is 340 g/mol. The van der Waals surface area contributed by atoms with E-state index in [1.165, 1.54) is 0 Å². The number of piperidine rings is 1. The number of likely N-dealkylation sites (tertiary alicyclic amines) is 1. The van der Waals surface area contributed by atoms with E-state index in [-0.39, 0.29) is 5.91 Å². The molecule has 2 rings (SSSR count). The van der Waals surface area contributed by atoms with Gasteiger partial charge in [-0.2, -0.15) is 0 Å². The number of rotatable bonds is 4. The van der Waals surface area contributed by atoms with Crippen molar-refractivity contribution in [1.82, 2.24) is 10.2 Å². The van der Waals surface area contributed by atoms with Gasteiger partial charge < -0.3 is 15.0 Å². The molecule has 0 aromatic heterocycles. The maximum Gasteiger partial charge on any atom is 0.263 e. The van der Waals surface area contributed by atoms with Crippen LogP contribution in [0.15, 0.2) is 28.7 Å². The Bertz CT molecular complexity index is 467. The summed E-state index contributed by atoms with van der Waals surface area (Å²) in [4.78, 5) is 14.3. The van der Waals surface area contributed by atoms with Gasteiger partial charge in [-0.1, -0.05) is 12.1 Å². The molecule has 1 amide bonds. The van der Waals surface area contributed by atoms with Crippen molar-refractivity contribution in [3.05, 3.63) is 28.7 Å². The number of nitrogens with one attached hydrogen (secondary N) is 1. The summed E-state index contributed by atoms with van der Waals surface area (Å²) in [5.74, 6) is 0.760. The summed E-state index contributed by atoms with van der Waals surface area (Å²) in [5.41, 5.74) is 0. The first-order valence-electron chi connectivity index (χ1n) is 6.99. The Hall–Kier alpha value is -1.07. The first-order valence-corrected chi connectivity index (χ1v) is 7.78. The first kappa shape index (κ1) is 15.3. The van der Waals surface area contributed by atoms with E-state index in [1.54, 1.807) is 0 Å². The Morgan fingerprint density at radius 2 is 2.25 bits per heavy atom. The van der Waals surface area contributed by atoms with Gasteiger partial charge in [0.1, 0.15) is 5.75 Å². The van der Waals surface area contributed by atoms with Crippen molar-refractivity contribution in [1.29, 1.82) is 0 Å². The van der Waals surface area contributed by atoms with Crippen LogP contribution in [-0.4, -0.2) is 43.1 Å². The van der Waals surface area contributed by atoms with Crippen molar-refractivity contribution in [3.63, 3.8) is 0 Å². The molecule has 20 heavy (non-hydrogen) atoms. The molecule has 1 saturated heterocycles. The van der Waals surface area contributed by atoms with Crippen molar-refractivity contribution in [2.24, 2.45) is 0 Å². The summed E-state index contributed by atoms with van der Waals surface area (Å²) in [5, 5.41) is 3.24. The van der Waals surface area contributed by atoms with E-state index >= 15 is 0 Å². The number of likely N-dealkylation sites (N-methyl/N-ethyl adjacent to an activating group) is 1. The molecule has 1 aliphatic heterocycles. The summed E-state index contributed by atoms with van der Waals surface area (Å²) in [6, 6.07) is 7.98. The van der Waals surface area contributed by atoms with Gasteiger partial charge in [-0.25, -0.2) is 0 Å². The van der Waals surface area contributed by atoms with Crippen molar-refractivity contribution < 1.29 is 9.53 Å². The van der Waals surface area contributed by atoms with Crippen molar-refractivity contribution in [3.8, 4) is 5.75 Å². The minimum absolute atomic E-state index is 0.0562. The third-order valence-electron chi connectivity index (χ3n) is 3.63. The van der Waals surface area contributed by atoms with Crippen LogP contribution in [0.3, 0.4) is 0 Å². The van der Waals surface area contributed by atoms with Gasteiger partial charge in [0.2, 0.25) is 0 Å². The molecule has 0 spiro atoms. The largest absolute Gasteiger partial charge is 0.480 e. The summed E-state index contributed by atoms with van der Waals surface area (Å²) in [6.07, 6.45) is 1.70. The highest BCUT2D eigenvalue weighted by Crippen LogP contribution is 2.25. The molecule has 2 atom stereocenters. The molecule has 1 fully saturated rings. The van der Waals surface area contributed by atoms with E-state index in [0.717, 1.165) is 30.4 Å². The quantitative estimate of drug-likeness (QED) is 0.915. The number of nitrogens with zero attached hydrogens (tertiary/aromatic N) is 1. The molecule has 1 heterocycles. The van der Waals surface area contributed by atoms with E-state index in [4.69, 9.17) is 4.74 Å². The molecule has 1 aliphatic rings. The van der Waals surface area contributed by atoms with E-state index in [2.05, 4.69) is 21.2 Å². The summed E-state index contributed by atoms with van der Waals surface area (Å²) >= 11 is 3.43. The van der Waals surface area contributed by atoms with Crippen molar-refractivity contribution in [2.45, 2.75) is 31.9 Å². The van der Waals surface area contributed by atoms with Gasteiger partial charge in [0.05, 0.1) is 4.47 Å². The molecule has 0 radical (unpaired) electrons. The summed E-state index contributed by atoms with van der Waals surface area (Å²) < 4.78 is 6.64. The van der Waals surface area contributed by atoms with Crippen LogP contribution in [0.25, 0.3) is 0 Å². The van der Waals surface area contributed by atoms with Gasteiger partial charge >= 0.3 is 0 Å². The Morgan fingerprint density at radius 3 is 2.95 bits per heavy atom. The zero-order valence-corrected chi connectivity index (χ0v) is 13.5. The molecule has 1 aromatic carbocycles. The lowest BCUT2D eigenvalue weighted by Gasteiger charge is -2.34. The minimum atomic E-state index is -0.468. The average molecular weight is 341 g/mol. The highest BCUT2D eigenvalue weighted by molar-refractivity contribution is 9.10. The lowest BCUT2D eigenvalue weighted by molar-refractivity contribution is -0.139. The van der Waals surface area contributed by atoms with E-state index in [0.29, 0.717) is 11.8 Å². The SMILES string of the molecule is CN[C@@H]1CCCN(C(=O)[C@H](C)Oc2ccccc2Br)C1. The Labute approximate surface area is 128 Å². The molecule has 5 heteroatoms. The first-order chi connectivity index (χ1) is 9.61. The van der Waals surface area contributed by atoms with Crippen LogP contribution in [0.5, 0.6) is 5.75 Å². The predicted molar refractivity (Wildman–Crippen MR) is 82.9 cm³/mol. The highest BCUT2D eigenvalue weighted by Gasteiger charge is 2.27. The molecule has 0 aliphatic carbocycles. The van der Waals surface area contributed by atoms with Crippen LogP contribution in [0, 0.1) is 0 Å². The van der Waals surface area contributed by atoms with Gasteiger partial charge in [0, 0.05) is 19.1 Å². The minimum Gasteiger partial charge on any atom is -0.480 e. The van der Waals surface area contributed by atoms with Gasteiger partial charge in [-0.3, -0.25) is 4.79 Å². The fraction of sp³-hybridized carbons (Fsp3) is 0.533. The molecular weight excluding hydrogens is 320 g/mol. The Morgan fingerprint density at radius 1 is 1.50 bits per heavy atom. The fourth-order valence-electron chi connectivity index (χ4n) is 2.45. The molecule has 110 valence electrons. The molecule has 4 nitrogen and oxygen atoms in total. The molecule has 1 N–H and O–H groups in total. The normalized spacial score (nSPS) is 20.6. The Balaban J connectivity index is 1.96. The summed E-state index contributed by atoms with van der Waals surface area (Å²) in [7, 11) is 1.94. The second-order valence-electron chi connectivity index (χ2n) is 5.10. The molecule has 0 bridgehead atoms. The van der Waals surface area contributed by atoms with E-state index in [1.807, 2.05) is 43.1 Å². The van der Waals surface area contributed by atoms with E-state index in [9.17, 15) is 4.79 Å². The third-order valence-corrected chi connectivity index (χ3v) is 4.28. The smallest absolute Gasteiger partial charge is 0.263 e. The molecular formula is C15H21BrN2O2. The summed E-state index contributed by atoms with van der Waals surface area (Å²) in [6.45, 7) is 3.39. The van der Waals surface area contributed by atoms with E-state index < -0.39 is 6.10 Å². The number of hydrogen-bond donors (Lipinski definition) is 1. The Kier molecular flexibility index (Phi) is 5.43.